The Bertz CT molecular complexity index is 1660. The van der Waals surface area contributed by atoms with Gasteiger partial charge in [-0.2, -0.15) is 0 Å². The van der Waals surface area contributed by atoms with Gasteiger partial charge >= 0.3 is 0 Å². The van der Waals surface area contributed by atoms with Gasteiger partial charge in [-0.25, -0.2) is 12.8 Å². The van der Waals surface area contributed by atoms with Gasteiger partial charge in [-0.05, 0) is 62.2 Å². The average Bonchev–Trinajstić information content (AvgIpc) is 2.99. The van der Waals surface area contributed by atoms with Crippen LogP contribution in [0.2, 0.25) is 0 Å². The number of anilines is 1. The molecular formula is C34H36FN3O4S. The van der Waals surface area contributed by atoms with Gasteiger partial charge in [0, 0.05) is 25.1 Å². The van der Waals surface area contributed by atoms with Crippen molar-refractivity contribution in [3.05, 3.63) is 131 Å². The molecule has 0 spiro atoms. The molecule has 0 fully saturated rings. The largest absolute Gasteiger partial charge is 0.355 e. The van der Waals surface area contributed by atoms with Crippen LogP contribution in [0.5, 0.6) is 0 Å². The Morgan fingerprint density at radius 3 is 2.16 bits per heavy atom. The molecule has 2 amide bonds. The quantitative estimate of drug-likeness (QED) is 0.235. The van der Waals surface area contributed by atoms with E-state index in [0.717, 1.165) is 21.0 Å². The molecule has 1 atom stereocenters. The zero-order valence-corrected chi connectivity index (χ0v) is 25.4. The summed E-state index contributed by atoms with van der Waals surface area (Å²) in [6, 6.07) is 27.5. The number of rotatable bonds is 12. The van der Waals surface area contributed by atoms with Crippen LogP contribution in [0, 0.1) is 19.7 Å². The summed E-state index contributed by atoms with van der Waals surface area (Å²) < 4.78 is 44.1. The molecule has 0 unspecified atom stereocenters. The molecule has 224 valence electrons. The number of aryl methyl sites for hydroxylation is 2. The van der Waals surface area contributed by atoms with Crippen molar-refractivity contribution in [2.45, 2.75) is 44.7 Å². The number of carbonyl (C=O) groups is 2. The molecule has 43 heavy (non-hydrogen) atoms. The van der Waals surface area contributed by atoms with Gasteiger partial charge in [-0.1, -0.05) is 78.4 Å². The van der Waals surface area contributed by atoms with Gasteiger partial charge in [0.2, 0.25) is 11.8 Å². The second-order valence-corrected chi connectivity index (χ2v) is 12.2. The first-order valence-corrected chi connectivity index (χ1v) is 15.5. The molecule has 0 aliphatic heterocycles. The molecule has 0 aromatic heterocycles. The standard InChI is InChI=1S/C34H36FN3O4S/c1-4-36-34(40)32(22-27-12-6-5-7-13-27)37(23-28-14-8-9-16-31(28)35)33(39)24-38(29-15-10-11-26(3)21-29)43(41,42)30-19-17-25(2)18-20-30/h5-21,32H,4,22-24H2,1-3H3,(H,36,40)/t32-/m1/s1. The first-order valence-electron chi connectivity index (χ1n) is 14.1. The average molecular weight is 602 g/mol. The summed E-state index contributed by atoms with van der Waals surface area (Å²) in [6.45, 7) is 4.95. The van der Waals surface area contributed by atoms with Crippen LogP contribution >= 0.6 is 0 Å². The number of nitrogens with zero attached hydrogens (tertiary/aromatic N) is 2. The number of hydrogen-bond acceptors (Lipinski definition) is 4. The smallest absolute Gasteiger partial charge is 0.264 e. The van der Waals surface area contributed by atoms with E-state index in [0.29, 0.717) is 12.2 Å². The van der Waals surface area contributed by atoms with Gasteiger partial charge in [0.1, 0.15) is 18.4 Å². The van der Waals surface area contributed by atoms with Gasteiger partial charge in [0.15, 0.2) is 0 Å². The summed E-state index contributed by atoms with van der Waals surface area (Å²) in [5.74, 6) is -1.59. The van der Waals surface area contributed by atoms with E-state index in [-0.39, 0.29) is 23.4 Å². The van der Waals surface area contributed by atoms with Gasteiger partial charge in [-0.3, -0.25) is 13.9 Å². The van der Waals surface area contributed by atoms with E-state index in [1.54, 1.807) is 55.5 Å². The van der Waals surface area contributed by atoms with Crippen molar-refractivity contribution in [3.63, 3.8) is 0 Å². The van der Waals surface area contributed by atoms with Crippen LogP contribution in [0.3, 0.4) is 0 Å². The van der Waals surface area contributed by atoms with E-state index < -0.39 is 40.2 Å². The van der Waals surface area contributed by atoms with Crippen molar-refractivity contribution < 1.29 is 22.4 Å². The molecule has 0 radical (unpaired) electrons. The molecule has 0 saturated carbocycles. The maximum absolute atomic E-state index is 14.9. The van der Waals surface area contributed by atoms with Crippen molar-refractivity contribution in [3.8, 4) is 0 Å². The van der Waals surface area contributed by atoms with Crippen molar-refractivity contribution in [1.82, 2.24) is 10.2 Å². The summed E-state index contributed by atoms with van der Waals surface area (Å²) in [4.78, 5) is 29.1. The van der Waals surface area contributed by atoms with E-state index in [4.69, 9.17) is 0 Å². The summed E-state index contributed by atoms with van der Waals surface area (Å²) >= 11 is 0. The van der Waals surface area contributed by atoms with E-state index in [1.807, 2.05) is 50.2 Å². The van der Waals surface area contributed by atoms with Gasteiger partial charge in [0.25, 0.3) is 10.0 Å². The fourth-order valence-electron chi connectivity index (χ4n) is 4.81. The lowest BCUT2D eigenvalue weighted by Gasteiger charge is -2.34. The molecule has 9 heteroatoms. The van der Waals surface area contributed by atoms with Crippen molar-refractivity contribution in [1.29, 1.82) is 0 Å². The number of amides is 2. The normalized spacial score (nSPS) is 11.9. The topological polar surface area (TPSA) is 86.8 Å². The fourth-order valence-corrected chi connectivity index (χ4v) is 6.21. The molecule has 0 heterocycles. The monoisotopic (exact) mass is 601 g/mol. The minimum atomic E-state index is -4.20. The molecule has 1 N–H and O–H groups in total. The predicted octanol–water partition coefficient (Wildman–Crippen LogP) is 5.41. The Balaban J connectivity index is 1.80. The Morgan fingerprint density at radius 1 is 0.837 bits per heavy atom. The number of likely N-dealkylation sites (N-methyl/N-ethyl adjacent to an activating group) is 1. The Labute approximate surface area is 253 Å². The van der Waals surface area contributed by atoms with E-state index in [9.17, 15) is 22.4 Å². The zero-order valence-electron chi connectivity index (χ0n) is 24.5. The number of benzene rings is 4. The maximum atomic E-state index is 14.9. The van der Waals surface area contributed by atoms with Gasteiger partial charge in [0.05, 0.1) is 10.6 Å². The van der Waals surface area contributed by atoms with Crippen LogP contribution < -0.4 is 9.62 Å². The molecule has 4 aromatic rings. The van der Waals surface area contributed by atoms with Crippen LogP contribution in [0.1, 0.15) is 29.2 Å². The third kappa shape index (κ3) is 7.87. The first kappa shape index (κ1) is 31.4. The molecule has 0 saturated heterocycles. The first-order chi connectivity index (χ1) is 20.6. The predicted molar refractivity (Wildman–Crippen MR) is 166 cm³/mol. The fraction of sp³-hybridized carbons (Fsp3) is 0.235. The minimum absolute atomic E-state index is 0.0256. The van der Waals surface area contributed by atoms with Crippen molar-refractivity contribution >= 4 is 27.5 Å². The highest BCUT2D eigenvalue weighted by atomic mass is 32.2. The third-order valence-corrected chi connectivity index (χ3v) is 8.89. The zero-order chi connectivity index (χ0) is 31.0. The van der Waals surface area contributed by atoms with E-state index in [1.165, 1.54) is 23.1 Å². The molecule has 4 aromatic carbocycles. The Kier molecular flexibility index (Phi) is 10.3. The lowest BCUT2D eigenvalue weighted by atomic mass is 10.0. The maximum Gasteiger partial charge on any atom is 0.264 e. The highest BCUT2D eigenvalue weighted by molar-refractivity contribution is 7.92. The molecule has 7 nitrogen and oxygen atoms in total. The molecule has 0 bridgehead atoms. The van der Waals surface area contributed by atoms with Crippen LogP contribution in [0.25, 0.3) is 0 Å². The molecular weight excluding hydrogens is 565 g/mol. The van der Waals surface area contributed by atoms with Crippen LogP contribution in [0.15, 0.2) is 108 Å². The second kappa shape index (κ2) is 14.1. The highest BCUT2D eigenvalue weighted by Crippen LogP contribution is 2.26. The Morgan fingerprint density at radius 2 is 1.51 bits per heavy atom. The lowest BCUT2D eigenvalue weighted by molar-refractivity contribution is -0.140. The summed E-state index contributed by atoms with van der Waals surface area (Å²) in [7, 11) is -4.20. The van der Waals surface area contributed by atoms with Gasteiger partial charge < -0.3 is 10.2 Å². The number of halogens is 1. The molecule has 0 aliphatic rings. The van der Waals surface area contributed by atoms with Crippen LogP contribution in [-0.2, 0) is 32.6 Å². The summed E-state index contributed by atoms with van der Waals surface area (Å²) in [6.07, 6.45) is 0.155. The van der Waals surface area contributed by atoms with E-state index >= 15 is 0 Å². The minimum Gasteiger partial charge on any atom is -0.355 e. The van der Waals surface area contributed by atoms with Crippen molar-refractivity contribution in [2.75, 3.05) is 17.4 Å². The van der Waals surface area contributed by atoms with E-state index in [2.05, 4.69) is 5.32 Å². The summed E-state index contributed by atoms with van der Waals surface area (Å²) in [5.41, 5.74) is 3.01. The number of sulfonamides is 1. The molecule has 0 aliphatic carbocycles. The third-order valence-electron chi connectivity index (χ3n) is 7.10. The highest BCUT2D eigenvalue weighted by Gasteiger charge is 2.34. The van der Waals surface area contributed by atoms with Crippen molar-refractivity contribution in [2.24, 2.45) is 0 Å². The number of hydrogen-bond donors (Lipinski definition) is 1. The second-order valence-electron chi connectivity index (χ2n) is 10.4. The number of nitrogens with one attached hydrogen (secondary N) is 1. The number of carbonyl (C=O) groups excluding carboxylic acids is 2. The summed E-state index contributed by atoms with van der Waals surface area (Å²) in [5, 5.41) is 2.80. The Hall–Kier alpha value is -4.50. The van der Waals surface area contributed by atoms with Crippen LogP contribution in [-0.4, -0.2) is 44.3 Å². The lowest BCUT2D eigenvalue weighted by Crippen LogP contribution is -2.53. The molecule has 4 rings (SSSR count). The SMILES string of the molecule is CCNC(=O)[C@@H](Cc1ccccc1)N(Cc1ccccc1F)C(=O)CN(c1cccc(C)c1)S(=O)(=O)c1ccc(C)cc1. The van der Waals surface area contributed by atoms with Crippen LogP contribution in [0.4, 0.5) is 10.1 Å². The van der Waals surface area contributed by atoms with Gasteiger partial charge in [-0.15, -0.1) is 0 Å².